The monoisotopic (exact) mass is 461 g/mol. The van der Waals surface area contributed by atoms with Gasteiger partial charge in [0.2, 0.25) is 0 Å². The molecule has 2 rings (SSSR count). The molecule has 0 heterocycles. The molecule has 0 amide bonds. The Morgan fingerprint density at radius 2 is 2.05 bits per heavy atom. The lowest BCUT2D eigenvalue weighted by molar-refractivity contribution is 0.543. The number of halogens is 3. The minimum absolute atomic E-state index is 0.180. The van der Waals surface area contributed by atoms with Crippen molar-refractivity contribution in [3.05, 3.63) is 66.9 Å². The van der Waals surface area contributed by atoms with Crippen LogP contribution in [0.5, 0.6) is 0 Å². The SMILES string of the molecule is CCNC(Cc1cc(F)ccc1Br)c1cccc(C)c1I. The highest BCUT2D eigenvalue weighted by molar-refractivity contribution is 14.1. The van der Waals surface area contributed by atoms with Gasteiger partial charge in [0.05, 0.1) is 0 Å². The summed E-state index contributed by atoms with van der Waals surface area (Å²) in [5.74, 6) is -0.192. The van der Waals surface area contributed by atoms with Gasteiger partial charge in [0.25, 0.3) is 0 Å². The Labute approximate surface area is 147 Å². The summed E-state index contributed by atoms with van der Waals surface area (Å²) in [5, 5.41) is 3.51. The summed E-state index contributed by atoms with van der Waals surface area (Å²) in [6, 6.07) is 11.4. The van der Waals surface area contributed by atoms with Gasteiger partial charge in [-0.25, -0.2) is 4.39 Å². The van der Waals surface area contributed by atoms with E-state index in [4.69, 9.17) is 0 Å². The summed E-state index contributed by atoms with van der Waals surface area (Å²) in [6.45, 7) is 5.09. The molecule has 112 valence electrons. The first-order valence-corrected chi connectivity index (χ1v) is 8.82. The number of hydrogen-bond acceptors (Lipinski definition) is 1. The van der Waals surface area contributed by atoms with Crippen LogP contribution in [0.1, 0.15) is 29.7 Å². The predicted molar refractivity (Wildman–Crippen MR) is 98.1 cm³/mol. The summed E-state index contributed by atoms with van der Waals surface area (Å²) < 4.78 is 15.7. The third kappa shape index (κ3) is 4.27. The Hall–Kier alpha value is -0.460. The third-order valence-corrected chi connectivity index (χ3v) is 5.73. The van der Waals surface area contributed by atoms with E-state index >= 15 is 0 Å². The van der Waals surface area contributed by atoms with Gasteiger partial charge in [0.15, 0.2) is 0 Å². The molecule has 0 aliphatic carbocycles. The summed E-state index contributed by atoms with van der Waals surface area (Å²) in [6.07, 6.45) is 0.756. The molecule has 1 nitrogen and oxygen atoms in total. The van der Waals surface area contributed by atoms with E-state index in [2.05, 4.69) is 75.9 Å². The fourth-order valence-electron chi connectivity index (χ4n) is 2.40. The van der Waals surface area contributed by atoms with E-state index in [1.165, 1.54) is 20.8 Å². The lowest BCUT2D eigenvalue weighted by atomic mass is 9.97. The first-order valence-electron chi connectivity index (χ1n) is 6.95. The number of benzene rings is 2. The first-order chi connectivity index (χ1) is 10.0. The fourth-order valence-corrected chi connectivity index (χ4v) is 3.54. The standard InChI is InChI=1S/C17H18BrFIN/c1-3-21-16(14-6-4-5-11(2)17(14)20)10-12-9-13(19)7-8-15(12)18/h4-9,16,21H,3,10H2,1-2H3. The minimum Gasteiger partial charge on any atom is -0.310 e. The van der Waals surface area contributed by atoms with Crippen molar-refractivity contribution in [2.45, 2.75) is 26.3 Å². The molecule has 1 N–H and O–H groups in total. The second-order valence-corrected chi connectivity index (χ2v) is 6.96. The molecule has 0 fully saturated rings. The van der Waals surface area contributed by atoms with E-state index < -0.39 is 0 Å². The lowest BCUT2D eigenvalue weighted by Gasteiger charge is -2.21. The van der Waals surface area contributed by atoms with Gasteiger partial charge in [-0.2, -0.15) is 0 Å². The number of aryl methyl sites for hydroxylation is 1. The summed E-state index contributed by atoms with van der Waals surface area (Å²) >= 11 is 5.91. The van der Waals surface area contributed by atoms with Crippen molar-refractivity contribution in [3.8, 4) is 0 Å². The maximum atomic E-state index is 13.5. The quantitative estimate of drug-likeness (QED) is 0.588. The van der Waals surface area contributed by atoms with E-state index in [9.17, 15) is 4.39 Å². The van der Waals surface area contributed by atoms with Crippen LogP contribution in [0.25, 0.3) is 0 Å². The predicted octanol–water partition coefficient (Wildman–Crippen LogP) is 5.39. The van der Waals surface area contributed by atoms with E-state index in [1.807, 2.05) is 0 Å². The van der Waals surface area contributed by atoms with Crippen LogP contribution < -0.4 is 5.32 Å². The molecule has 4 heteroatoms. The molecule has 0 radical (unpaired) electrons. The summed E-state index contributed by atoms with van der Waals surface area (Å²) in [7, 11) is 0. The van der Waals surface area contributed by atoms with Gasteiger partial charge in [-0.05, 0) is 77.4 Å². The van der Waals surface area contributed by atoms with E-state index in [0.717, 1.165) is 23.0 Å². The molecule has 0 saturated heterocycles. The smallest absolute Gasteiger partial charge is 0.123 e. The number of likely N-dealkylation sites (N-methyl/N-ethyl adjacent to an activating group) is 1. The zero-order valence-electron chi connectivity index (χ0n) is 12.1. The topological polar surface area (TPSA) is 12.0 Å². The largest absolute Gasteiger partial charge is 0.310 e. The second-order valence-electron chi connectivity index (χ2n) is 5.03. The molecule has 0 bridgehead atoms. The van der Waals surface area contributed by atoms with Crippen LogP contribution in [0.3, 0.4) is 0 Å². The Kier molecular flexibility index (Phi) is 6.20. The first kappa shape index (κ1) is 16.9. The van der Waals surface area contributed by atoms with Gasteiger partial charge in [0, 0.05) is 14.1 Å². The summed E-state index contributed by atoms with van der Waals surface area (Å²) in [4.78, 5) is 0. The van der Waals surface area contributed by atoms with Crippen LogP contribution in [0, 0.1) is 16.3 Å². The zero-order chi connectivity index (χ0) is 15.4. The van der Waals surface area contributed by atoms with Crippen molar-refractivity contribution < 1.29 is 4.39 Å². The number of nitrogens with one attached hydrogen (secondary N) is 1. The van der Waals surface area contributed by atoms with Gasteiger partial charge < -0.3 is 5.32 Å². The third-order valence-electron chi connectivity index (χ3n) is 3.48. The highest BCUT2D eigenvalue weighted by atomic mass is 127. The summed E-state index contributed by atoms with van der Waals surface area (Å²) in [5.41, 5.74) is 3.53. The highest BCUT2D eigenvalue weighted by Crippen LogP contribution is 2.28. The molecule has 2 aromatic rings. The van der Waals surface area contributed by atoms with Crippen LogP contribution in [0.15, 0.2) is 40.9 Å². The maximum Gasteiger partial charge on any atom is 0.123 e. The van der Waals surface area contributed by atoms with Gasteiger partial charge in [-0.3, -0.25) is 0 Å². The highest BCUT2D eigenvalue weighted by Gasteiger charge is 2.16. The average Bonchev–Trinajstić information content (AvgIpc) is 2.45. The molecular formula is C17H18BrFIN. The van der Waals surface area contributed by atoms with E-state index in [-0.39, 0.29) is 11.9 Å². The normalized spacial score (nSPS) is 12.4. The molecule has 21 heavy (non-hydrogen) atoms. The van der Waals surface area contributed by atoms with Crippen LogP contribution in [0.4, 0.5) is 4.39 Å². The molecule has 0 aromatic heterocycles. The van der Waals surface area contributed by atoms with Crippen molar-refractivity contribution in [1.29, 1.82) is 0 Å². The molecular weight excluding hydrogens is 444 g/mol. The van der Waals surface area contributed by atoms with Crippen molar-refractivity contribution in [2.24, 2.45) is 0 Å². The Bertz CT molecular complexity index is 630. The molecule has 0 aliphatic rings. The van der Waals surface area contributed by atoms with Crippen LogP contribution in [-0.4, -0.2) is 6.54 Å². The van der Waals surface area contributed by atoms with Gasteiger partial charge in [-0.1, -0.05) is 41.1 Å². The molecule has 0 aliphatic heterocycles. The van der Waals surface area contributed by atoms with Crippen LogP contribution in [-0.2, 0) is 6.42 Å². The van der Waals surface area contributed by atoms with Crippen molar-refractivity contribution in [3.63, 3.8) is 0 Å². The van der Waals surface area contributed by atoms with Crippen LogP contribution >= 0.6 is 38.5 Å². The number of rotatable bonds is 5. The molecule has 0 spiro atoms. The van der Waals surface area contributed by atoms with Crippen molar-refractivity contribution in [2.75, 3.05) is 6.54 Å². The molecule has 1 atom stereocenters. The maximum absolute atomic E-state index is 13.5. The van der Waals surface area contributed by atoms with Crippen molar-refractivity contribution in [1.82, 2.24) is 5.32 Å². The van der Waals surface area contributed by atoms with Gasteiger partial charge >= 0.3 is 0 Å². The molecule has 2 aromatic carbocycles. The Morgan fingerprint density at radius 1 is 1.29 bits per heavy atom. The molecule has 0 saturated carbocycles. The van der Waals surface area contributed by atoms with E-state index in [0.29, 0.717) is 0 Å². The van der Waals surface area contributed by atoms with Crippen LogP contribution in [0.2, 0.25) is 0 Å². The Morgan fingerprint density at radius 3 is 2.76 bits per heavy atom. The molecule has 1 unspecified atom stereocenters. The van der Waals surface area contributed by atoms with Gasteiger partial charge in [-0.15, -0.1) is 0 Å². The fraction of sp³-hybridized carbons (Fsp3) is 0.294. The lowest BCUT2D eigenvalue weighted by Crippen LogP contribution is -2.24. The minimum atomic E-state index is -0.192. The zero-order valence-corrected chi connectivity index (χ0v) is 15.8. The van der Waals surface area contributed by atoms with E-state index in [1.54, 1.807) is 12.1 Å². The average molecular weight is 462 g/mol. The van der Waals surface area contributed by atoms with Crippen molar-refractivity contribution >= 4 is 38.5 Å². The number of hydrogen-bond donors (Lipinski definition) is 1. The second kappa shape index (κ2) is 7.70. The van der Waals surface area contributed by atoms with Gasteiger partial charge in [0.1, 0.15) is 5.82 Å². The Balaban J connectivity index is 2.35.